The zero-order chi connectivity index (χ0) is 19.3. The number of carbonyl (C=O) groups is 1. The van der Waals surface area contributed by atoms with Crippen LogP contribution in [0.25, 0.3) is 10.7 Å². The maximum absolute atomic E-state index is 12.5. The van der Waals surface area contributed by atoms with Gasteiger partial charge in [0.15, 0.2) is 0 Å². The van der Waals surface area contributed by atoms with Crippen LogP contribution in [0.2, 0.25) is 0 Å². The van der Waals surface area contributed by atoms with E-state index in [1.54, 1.807) is 23.1 Å². The molecule has 0 aliphatic rings. The molecule has 0 spiro atoms. The lowest BCUT2D eigenvalue weighted by molar-refractivity contribution is -0.115. The molecule has 1 aromatic carbocycles. The Morgan fingerprint density at radius 3 is 2.75 bits per heavy atom. The van der Waals surface area contributed by atoms with E-state index in [1.165, 1.54) is 11.3 Å². The third-order valence-corrected chi connectivity index (χ3v) is 5.45. The van der Waals surface area contributed by atoms with Gasteiger partial charge in [0.2, 0.25) is 5.91 Å². The molecule has 4 aromatic rings. The molecule has 3 aromatic heterocycles. The van der Waals surface area contributed by atoms with E-state index >= 15 is 0 Å². The van der Waals surface area contributed by atoms with Crippen molar-refractivity contribution in [2.24, 2.45) is 0 Å². The molecule has 0 saturated carbocycles. The van der Waals surface area contributed by atoms with Crippen molar-refractivity contribution < 1.29 is 4.79 Å². The smallest absolute Gasteiger partial charge is 0.231 e. The summed E-state index contributed by atoms with van der Waals surface area (Å²) >= 11 is 4.91. The van der Waals surface area contributed by atoms with Gasteiger partial charge in [0, 0.05) is 22.1 Å². The van der Waals surface area contributed by atoms with Crippen molar-refractivity contribution in [2.45, 2.75) is 13.0 Å². The molecule has 1 amide bonds. The van der Waals surface area contributed by atoms with E-state index in [0.29, 0.717) is 12.4 Å². The molecular formula is C20H16BrN5OS. The van der Waals surface area contributed by atoms with Gasteiger partial charge in [-0.05, 0) is 29.8 Å². The standard InChI is InChI=1S/C20H16BrN5OS/c21-15-6-4-14(5-7-15)12-26-18(8-10-23-26)25-19(27)11-16-13-28-20(24-16)17-3-1-2-9-22-17/h1-10,13H,11-12H2,(H,25,27). The molecule has 8 heteroatoms. The zero-order valence-electron chi connectivity index (χ0n) is 14.7. The number of carbonyl (C=O) groups excluding carboxylic acids is 1. The van der Waals surface area contributed by atoms with Gasteiger partial charge in [-0.1, -0.05) is 34.1 Å². The van der Waals surface area contributed by atoms with Crippen LogP contribution in [-0.2, 0) is 17.8 Å². The molecular weight excluding hydrogens is 438 g/mol. The fourth-order valence-electron chi connectivity index (χ4n) is 2.67. The van der Waals surface area contributed by atoms with Crippen LogP contribution in [0.5, 0.6) is 0 Å². The average molecular weight is 454 g/mol. The van der Waals surface area contributed by atoms with E-state index in [-0.39, 0.29) is 12.3 Å². The first kappa shape index (κ1) is 18.5. The summed E-state index contributed by atoms with van der Waals surface area (Å²) in [7, 11) is 0. The molecule has 28 heavy (non-hydrogen) atoms. The minimum atomic E-state index is -0.129. The Morgan fingerprint density at radius 1 is 1.11 bits per heavy atom. The third kappa shape index (κ3) is 4.52. The molecule has 140 valence electrons. The second-order valence-corrected chi connectivity index (χ2v) is 7.86. The molecule has 0 aliphatic carbocycles. The molecule has 0 saturated heterocycles. The van der Waals surface area contributed by atoms with E-state index in [9.17, 15) is 4.79 Å². The summed E-state index contributed by atoms with van der Waals surface area (Å²) < 4.78 is 2.79. The highest BCUT2D eigenvalue weighted by Crippen LogP contribution is 2.22. The van der Waals surface area contributed by atoms with Gasteiger partial charge in [-0.2, -0.15) is 5.10 Å². The third-order valence-electron chi connectivity index (χ3n) is 4.01. The van der Waals surface area contributed by atoms with Gasteiger partial charge in [0.05, 0.1) is 30.6 Å². The number of pyridine rings is 1. The van der Waals surface area contributed by atoms with Gasteiger partial charge in [-0.15, -0.1) is 11.3 Å². The van der Waals surface area contributed by atoms with E-state index < -0.39 is 0 Å². The lowest BCUT2D eigenvalue weighted by Crippen LogP contribution is -2.18. The van der Waals surface area contributed by atoms with E-state index in [0.717, 1.165) is 26.4 Å². The predicted molar refractivity (Wildman–Crippen MR) is 113 cm³/mol. The molecule has 0 atom stereocenters. The second-order valence-electron chi connectivity index (χ2n) is 6.08. The monoisotopic (exact) mass is 453 g/mol. The number of nitrogens with zero attached hydrogens (tertiary/aromatic N) is 4. The van der Waals surface area contributed by atoms with Crippen LogP contribution < -0.4 is 5.32 Å². The molecule has 0 aliphatic heterocycles. The minimum Gasteiger partial charge on any atom is -0.311 e. The second kappa shape index (κ2) is 8.45. The van der Waals surface area contributed by atoms with E-state index in [1.807, 2.05) is 47.8 Å². The van der Waals surface area contributed by atoms with Gasteiger partial charge in [-0.3, -0.25) is 9.78 Å². The Balaban J connectivity index is 1.40. The Morgan fingerprint density at radius 2 is 1.96 bits per heavy atom. The van der Waals surface area contributed by atoms with Gasteiger partial charge in [0.1, 0.15) is 10.8 Å². The highest BCUT2D eigenvalue weighted by atomic mass is 79.9. The van der Waals surface area contributed by atoms with Gasteiger partial charge < -0.3 is 5.32 Å². The lowest BCUT2D eigenvalue weighted by atomic mass is 10.2. The number of anilines is 1. The summed E-state index contributed by atoms with van der Waals surface area (Å²) in [5.74, 6) is 0.531. The highest BCUT2D eigenvalue weighted by Gasteiger charge is 2.12. The summed E-state index contributed by atoms with van der Waals surface area (Å²) in [6.45, 7) is 0.580. The first-order chi connectivity index (χ1) is 13.7. The number of rotatable bonds is 6. The van der Waals surface area contributed by atoms with Gasteiger partial charge >= 0.3 is 0 Å². The van der Waals surface area contributed by atoms with Crippen LogP contribution in [0.1, 0.15) is 11.3 Å². The molecule has 1 N–H and O–H groups in total. The molecule has 4 rings (SSSR count). The van der Waals surface area contributed by atoms with E-state index in [2.05, 4.69) is 36.3 Å². The Hall–Kier alpha value is -2.84. The maximum Gasteiger partial charge on any atom is 0.231 e. The molecule has 0 fully saturated rings. The summed E-state index contributed by atoms with van der Waals surface area (Å²) in [4.78, 5) is 21.3. The molecule has 6 nitrogen and oxygen atoms in total. The Labute approximate surface area is 174 Å². The number of aromatic nitrogens is 4. The van der Waals surface area contributed by atoms with Crippen LogP contribution in [0, 0.1) is 0 Å². The molecule has 0 unspecified atom stereocenters. The zero-order valence-corrected chi connectivity index (χ0v) is 17.2. The molecule has 0 bridgehead atoms. The van der Waals surface area contributed by atoms with Crippen LogP contribution in [0.4, 0.5) is 5.82 Å². The van der Waals surface area contributed by atoms with Crippen molar-refractivity contribution in [3.8, 4) is 10.7 Å². The van der Waals surface area contributed by atoms with Crippen LogP contribution in [-0.4, -0.2) is 25.7 Å². The van der Waals surface area contributed by atoms with Crippen LogP contribution in [0.15, 0.2) is 70.8 Å². The van der Waals surface area contributed by atoms with Crippen LogP contribution >= 0.6 is 27.3 Å². The first-order valence-electron chi connectivity index (χ1n) is 8.59. The number of nitrogens with one attached hydrogen (secondary N) is 1. The average Bonchev–Trinajstić information content (AvgIpc) is 3.34. The van der Waals surface area contributed by atoms with Crippen molar-refractivity contribution in [3.63, 3.8) is 0 Å². The lowest BCUT2D eigenvalue weighted by Gasteiger charge is -2.09. The summed E-state index contributed by atoms with van der Waals surface area (Å²) in [5.41, 5.74) is 2.63. The first-order valence-corrected chi connectivity index (χ1v) is 10.3. The van der Waals surface area contributed by atoms with Crippen molar-refractivity contribution >= 4 is 39.0 Å². The number of hydrogen-bond donors (Lipinski definition) is 1. The minimum absolute atomic E-state index is 0.129. The fourth-order valence-corrected chi connectivity index (χ4v) is 3.73. The number of amides is 1. The quantitative estimate of drug-likeness (QED) is 0.469. The normalized spacial score (nSPS) is 10.8. The summed E-state index contributed by atoms with van der Waals surface area (Å²) in [6.07, 6.45) is 3.61. The fraction of sp³-hybridized carbons (Fsp3) is 0.100. The van der Waals surface area contributed by atoms with Gasteiger partial charge in [-0.25, -0.2) is 9.67 Å². The Kier molecular flexibility index (Phi) is 5.59. The predicted octanol–water partition coefficient (Wildman–Crippen LogP) is 4.39. The number of benzene rings is 1. The molecule has 3 heterocycles. The van der Waals surface area contributed by atoms with E-state index in [4.69, 9.17) is 0 Å². The number of thiazole rings is 1. The topological polar surface area (TPSA) is 72.7 Å². The van der Waals surface area contributed by atoms with Gasteiger partial charge in [0.25, 0.3) is 0 Å². The Bertz CT molecular complexity index is 1080. The summed E-state index contributed by atoms with van der Waals surface area (Å²) in [6, 6.07) is 15.5. The number of halogens is 1. The highest BCUT2D eigenvalue weighted by molar-refractivity contribution is 9.10. The number of hydrogen-bond acceptors (Lipinski definition) is 5. The largest absolute Gasteiger partial charge is 0.311 e. The van der Waals surface area contributed by atoms with Crippen molar-refractivity contribution in [1.82, 2.24) is 19.7 Å². The maximum atomic E-state index is 12.5. The SMILES string of the molecule is O=C(Cc1csc(-c2ccccn2)n1)Nc1ccnn1Cc1ccc(Br)cc1. The van der Waals surface area contributed by atoms with Crippen molar-refractivity contribution in [3.05, 3.63) is 82.0 Å². The molecule has 0 radical (unpaired) electrons. The van der Waals surface area contributed by atoms with Crippen LogP contribution in [0.3, 0.4) is 0 Å². The van der Waals surface area contributed by atoms with Crippen molar-refractivity contribution in [1.29, 1.82) is 0 Å². The summed E-state index contributed by atoms with van der Waals surface area (Å²) in [5, 5.41) is 9.93. The van der Waals surface area contributed by atoms with Crippen molar-refractivity contribution in [2.75, 3.05) is 5.32 Å².